The number of carbonyl (C=O) groups excluding carboxylic acids is 2. The normalized spacial score (nSPS) is 22.1. The van der Waals surface area contributed by atoms with Gasteiger partial charge in [0.05, 0.1) is 11.8 Å². The summed E-state index contributed by atoms with van der Waals surface area (Å²) in [6.07, 6.45) is 6.84. The van der Waals surface area contributed by atoms with Crippen molar-refractivity contribution >= 4 is 34.9 Å². The van der Waals surface area contributed by atoms with Gasteiger partial charge in [-0.15, -0.1) is 11.3 Å². The number of hydrogen-bond acceptors (Lipinski definition) is 5. The van der Waals surface area contributed by atoms with Crippen molar-refractivity contribution in [2.75, 3.05) is 18.8 Å². The molecule has 2 fully saturated rings. The first-order valence-corrected chi connectivity index (χ1v) is 10.6. The van der Waals surface area contributed by atoms with E-state index in [4.69, 9.17) is 0 Å². The number of aryl methyl sites for hydroxylation is 1. The van der Waals surface area contributed by atoms with Gasteiger partial charge in [0.15, 0.2) is 4.34 Å². The number of amides is 2. The summed E-state index contributed by atoms with van der Waals surface area (Å²) in [7, 11) is 0. The van der Waals surface area contributed by atoms with Crippen LogP contribution in [-0.4, -0.2) is 46.6 Å². The van der Waals surface area contributed by atoms with Crippen molar-refractivity contribution in [1.29, 1.82) is 0 Å². The third-order valence-corrected chi connectivity index (χ3v) is 6.85. The Morgan fingerprint density at radius 2 is 2.21 bits per heavy atom. The van der Waals surface area contributed by atoms with Crippen LogP contribution in [0.1, 0.15) is 44.2 Å². The van der Waals surface area contributed by atoms with E-state index < -0.39 is 0 Å². The molecule has 1 aliphatic carbocycles. The Bertz CT molecular complexity index is 584. The Hall–Kier alpha value is -1.08. The van der Waals surface area contributed by atoms with Gasteiger partial charge in [-0.05, 0) is 25.7 Å². The van der Waals surface area contributed by atoms with Gasteiger partial charge in [0.2, 0.25) is 11.8 Å². The minimum atomic E-state index is -0.0350. The topological polar surface area (TPSA) is 62.3 Å². The molecule has 3 rings (SSSR count). The highest BCUT2D eigenvalue weighted by molar-refractivity contribution is 8.01. The molecule has 5 nitrogen and oxygen atoms in total. The largest absolute Gasteiger partial charge is 0.350 e. The maximum Gasteiger partial charge on any atom is 0.230 e. The van der Waals surface area contributed by atoms with Gasteiger partial charge in [0.1, 0.15) is 0 Å². The van der Waals surface area contributed by atoms with E-state index in [0.29, 0.717) is 24.6 Å². The summed E-state index contributed by atoms with van der Waals surface area (Å²) in [5.41, 5.74) is 0.989. The Labute approximate surface area is 151 Å². The summed E-state index contributed by atoms with van der Waals surface area (Å²) in [5, 5.41) is 4.99. The molecule has 2 heterocycles. The van der Waals surface area contributed by atoms with Crippen LogP contribution in [0.25, 0.3) is 0 Å². The zero-order valence-electron chi connectivity index (χ0n) is 14.1. The van der Waals surface area contributed by atoms with Crippen molar-refractivity contribution in [3.8, 4) is 0 Å². The molecular formula is C17H25N3O2S2. The van der Waals surface area contributed by atoms with E-state index in [1.807, 2.05) is 17.2 Å². The number of hydrogen-bond donors (Lipinski definition) is 1. The molecule has 1 saturated carbocycles. The molecule has 2 amide bonds. The van der Waals surface area contributed by atoms with E-state index >= 15 is 0 Å². The number of nitrogens with zero attached hydrogens (tertiary/aromatic N) is 2. The molecule has 132 valence electrons. The third kappa shape index (κ3) is 4.96. The van der Waals surface area contributed by atoms with Gasteiger partial charge in [-0.3, -0.25) is 9.59 Å². The van der Waals surface area contributed by atoms with Gasteiger partial charge in [0.25, 0.3) is 0 Å². The monoisotopic (exact) mass is 367 g/mol. The molecule has 1 N–H and O–H groups in total. The zero-order chi connectivity index (χ0) is 16.9. The Morgan fingerprint density at radius 1 is 1.42 bits per heavy atom. The number of aromatic nitrogens is 1. The molecule has 1 atom stereocenters. The summed E-state index contributed by atoms with van der Waals surface area (Å²) >= 11 is 3.02. The quantitative estimate of drug-likeness (QED) is 0.786. The number of carbonyl (C=O) groups is 2. The minimum Gasteiger partial charge on any atom is -0.350 e. The summed E-state index contributed by atoms with van der Waals surface area (Å²) in [6, 6.07) is -0.0350. The fourth-order valence-electron chi connectivity index (χ4n) is 3.52. The first-order chi connectivity index (χ1) is 11.6. The first kappa shape index (κ1) is 17.7. The average molecular weight is 368 g/mol. The summed E-state index contributed by atoms with van der Waals surface area (Å²) in [5.74, 6) is 1.19. The van der Waals surface area contributed by atoms with E-state index in [0.717, 1.165) is 16.6 Å². The second-order valence-electron chi connectivity index (χ2n) is 6.81. The highest BCUT2D eigenvalue weighted by Gasteiger charge is 2.32. The van der Waals surface area contributed by atoms with E-state index in [1.165, 1.54) is 43.9 Å². The molecule has 0 radical (unpaired) electrons. The molecule has 1 aromatic rings. The van der Waals surface area contributed by atoms with Crippen molar-refractivity contribution < 1.29 is 9.59 Å². The van der Waals surface area contributed by atoms with Gasteiger partial charge >= 0.3 is 0 Å². The van der Waals surface area contributed by atoms with Gasteiger partial charge in [-0.1, -0.05) is 31.0 Å². The summed E-state index contributed by atoms with van der Waals surface area (Å²) in [6.45, 7) is 3.49. The first-order valence-electron chi connectivity index (χ1n) is 8.72. The second-order valence-corrected chi connectivity index (χ2v) is 8.90. The van der Waals surface area contributed by atoms with Crippen LogP contribution in [0.2, 0.25) is 0 Å². The van der Waals surface area contributed by atoms with Crippen LogP contribution in [0.5, 0.6) is 0 Å². The van der Waals surface area contributed by atoms with Crippen molar-refractivity contribution in [3.63, 3.8) is 0 Å². The van der Waals surface area contributed by atoms with Crippen molar-refractivity contribution in [3.05, 3.63) is 11.1 Å². The molecule has 1 aromatic heterocycles. The van der Waals surface area contributed by atoms with E-state index in [1.54, 1.807) is 11.3 Å². The van der Waals surface area contributed by atoms with Crippen LogP contribution in [0.3, 0.4) is 0 Å². The minimum absolute atomic E-state index is 0.00910. The molecule has 0 unspecified atom stereocenters. The number of rotatable bonds is 6. The van der Waals surface area contributed by atoms with Crippen molar-refractivity contribution in [2.24, 2.45) is 5.92 Å². The lowest BCUT2D eigenvalue weighted by Gasteiger charge is -2.27. The molecule has 24 heavy (non-hydrogen) atoms. The molecule has 0 bridgehead atoms. The standard InChI is InChI=1S/C17H25N3O2S2/c1-12-10-23-17(18-12)24-11-15(21)19-14-7-16(22)20(9-14)8-13-5-3-2-4-6-13/h10,13-14H,2-9,11H2,1H3,(H,19,21)/t14-/m0/s1. The smallest absolute Gasteiger partial charge is 0.230 e. The number of likely N-dealkylation sites (tertiary alicyclic amines) is 1. The van der Waals surface area contributed by atoms with Crippen LogP contribution in [0.15, 0.2) is 9.72 Å². The molecule has 2 aliphatic rings. The number of thioether (sulfide) groups is 1. The maximum atomic E-state index is 12.2. The van der Waals surface area contributed by atoms with Crippen LogP contribution >= 0.6 is 23.1 Å². The zero-order valence-corrected chi connectivity index (χ0v) is 15.8. The van der Waals surface area contributed by atoms with Crippen LogP contribution in [0.4, 0.5) is 0 Å². The lowest BCUT2D eigenvalue weighted by molar-refractivity contribution is -0.128. The fourth-order valence-corrected chi connectivity index (χ4v) is 5.18. The average Bonchev–Trinajstić information content (AvgIpc) is 3.12. The molecule has 1 aliphatic heterocycles. The van der Waals surface area contributed by atoms with Gasteiger partial charge in [-0.2, -0.15) is 0 Å². The maximum absolute atomic E-state index is 12.2. The highest BCUT2D eigenvalue weighted by atomic mass is 32.2. The van der Waals surface area contributed by atoms with Crippen LogP contribution in [0, 0.1) is 12.8 Å². The number of thiazole rings is 1. The summed E-state index contributed by atoms with van der Waals surface area (Å²) in [4.78, 5) is 30.6. The molecule has 0 aromatic carbocycles. The summed E-state index contributed by atoms with van der Waals surface area (Å²) < 4.78 is 0.920. The predicted octanol–water partition coefficient (Wildman–Crippen LogP) is 2.84. The Morgan fingerprint density at radius 3 is 2.92 bits per heavy atom. The molecule has 1 saturated heterocycles. The molecule has 0 spiro atoms. The van der Waals surface area contributed by atoms with Gasteiger partial charge in [0, 0.05) is 30.6 Å². The van der Waals surface area contributed by atoms with E-state index in [2.05, 4.69) is 10.3 Å². The van der Waals surface area contributed by atoms with Gasteiger partial charge in [-0.25, -0.2) is 4.98 Å². The fraction of sp³-hybridized carbons (Fsp3) is 0.706. The Kier molecular flexibility index (Phi) is 6.16. The predicted molar refractivity (Wildman–Crippen MR) is 97.3 cm³/mol. The number of nitrogens with one attached hydrogen (secondary N) is 1. The lowest BCUT2D eigenvalue weighted by atomic mass is 9.89. The van der Waals surface area contributed by atoms with E-state index in [-0.39, 0.29) is 17.9 Å². The SMILES string of the molecule is Cc1csc(SCC(=O)N[C@H]2CC(=O)N(CC3CCCCC3)C2)n1. The second kappa shape index (κ2) is 8.34. The Balaban J connectivity index is 1.40. The lowest BCUT2D eigenvalue weighted by Crippen LogP contribution is -2.39. The van der Waals surface area contributed by atoms with E-state index in [9.17, 15) is 9.59 Å². The van der Waals surface area contributed by atoms with Crippen molar-refractivity contribution in [1.82, 2.24) is 15.2 Å². The molecular weight excluding hydrogens is 342 g/mol. The van der Waals surface area contributed by atoms with Crippen LogP contribution in [-0.2, 0) is 9.59 Å². The third-order valence-electron chi connectivity index (χ3n) is 4.71. The van der Waals surface area contributed by atoms with Crippen molar-refractivity contribution in [2.45, 2.75) is 55.8 Å². The van der Waals surface area contributed by atoms with Crippen LogP contribution < -0.4 is 5.32 Å². The molecule has 7 heteroatoms. The highest BCUT2D eigenvalue weighted by Crippen LogP contribution is 2.26. The van der Waals surface area contributed by atoms with Gasteiger partial charge < -0.3 is 10.2 Å².